The van der Waals surface area contributed by atoms with Crippen LogP contribution < -0.4 is 15.0 Å². The number of halogens is 1. The molecule has 2 aromatic rings. The summed E-state index contributed by atoms with van der Waals surface area (Å²) in [5.41, 5.74) is 1.77. The van der Waals surface area contributed by atoms with Crippen LogP contribution in [0.25, 0.3) is 0 Å². The van der Waals surface area contributed by atoms with Crippen molar-refractivity contribution < 1.29 is 19.1 Å². The van der Waals surface area contributed by atoms with E-state index in [9.17, 15) is 9.59 Å². The largest absolute Gasteiger partial charge is 0.496 e. The van der Waals surface area contributed by atoms with Crippen molar-refractivity contribution in [3.05, 3.63) is 59.1 Å². The second-order valence-corrected chi connectivity index (χ2v) is 8.25. The van der Waals surface area contributed by atoms with E-state index in [2.05, 4.69) is 10.2 Å². The Balaban J connectivity index is 1.59. The highest BCUT2D eigenvalue weighted by molar-refractivity contribution is 6.30. The molecule has 0 saturated carbocycles. The Kier molecular flexibility index (Phi) is 7.03. The fourth-order valence-corrected chi connectivity index (χ4v) is 4.31. The Labute approximate surface area is 198 Å². The van der Waals surface area contributed by atoms with E-state index in [1.54, 1.807) is 20.1 Å². The van der Waals surface area contributed by atoms with E-state index in [0.717, 1.165) is 18.8 Å². The maximum atomic E-state index is 13.1. The SMILES string of the molecule is CCOC(=O)[C@@H]1C(=O)NC(N2CCN(c3ccc(Cl)cc3)CC2)=N[C@@H]1c1ccccc1OC. The van der Waals surface area contributed by atoms with Crippen molar-refractivity contribution in [2.75, 3.05) is 44.8 Å². The Hall–Kier alpha value is -3.26. The second kappa shape index (κ2) is 10.1. The number of rotatable bonds is 5. The third kappa shape index (κ3) is 4.90. The first-order valence-electron chi connectivity index (χ1n) is 11.0. The number of benzene rings is 2. The van der Waals surface area contributed by atoms with E-state index >= 15 is 0 Å². The molecular weight excluding hydrogens is 444 g/mol. The maximum Gasteiger partial charge on any atom is 0.321 e. The maximum absolute atomic E-state index is 13.1. The zero-order chi connectivity index (χ0) is 23.4. The van der Waals surface area contributed by atoms with Crippen molar-refractivity contribution in [3.63, 3.8) is 0 Å². The van der Waals surface area contributed by atoms with E-state index in [0.29, 0.717) is 35.4 Å². The molecule has 2 aliphatic rings. The van der Waals surface area contributed by atoms with E-state index in [1.807, 2.05) is 47.4 Å². The number of ether oxygens (including phenoxy) is 2. The predicted octanol–water partition coefficient (Wildman–Crippen LogP) is 2.88. The monoisotopic (exact) mass is 470 g/mol. The molecule has 1 fully saturated rings. The molecule has 4 rings (SSSR count). The standard InChI is InChI=1S/C24H27ClN4O4/c1-3-33-23(31)20-21(18-6-4-5-7-19(18)32-2)26-24(27-22(20)30)29-14-12-28(13-15-29)17-10-8-16(25)9-11-17/h4-11,20-21H,3,12-15H2,1-2H3,(H,26,27,30)/t20-,21+/m0/s1. The van der Waals surface area contributed by atoms with Crippen LogP contribution in [-0.2, 0) is 14.3 Å². The summed E-state index contributed by atoms with van der Waals surface area (Å²) in [6.07, 6.45) is 0. The Morgan fingerprint density at radius 3 is 2.42 bits per heavy atom. The molecule has 0 unspecified atom stereocenters. The van der Waals surface area contributed by atoms with Crippen LogP contribution in [0, 0.1) is 5.92 Å². The number of hydrogen-bond donors (Lipinski definition) is 1. The van der Waals surface area contributed by atoms with Gasteiger partial charge in [-0.05, 0) is 37.3 Å². The molecular formula is C24H27ClN4O4. The van der Waals surface area contributed by atoms with Crippen LogP contribution in [0.4, 0.5) is 5.69 Å². The summed E-state index contributed by atoms with van der Waals surface area (Å²) < 4.78 is 10.7. The molecule has 2 aromatic carbocycles. The van der Waals surface area contributed by atoms with Crippen molar-refractivity contribution in [3.8, 4) is 5.75 Å². The smallest absolute Gasteiger partial charge is 0.321 e. The minimum Gasteiger partial charge on any atom is -0.496 e. The van der Waals surface area contributed by atoms with Crippen LogP contribution in [0.15, 0.2) is 53.5 Å². The zero-order valence-electron chi connectivity index (χ0n) is 18.7. The van der Waals surface area contributed by atoms with Crippen molar-refractivity contribution in [2.45, 2.75) is 13.0 Å². The highest BCUT2D eigenvalue weighted by Gasteiger charge is 2.43. The molecule has 8 nitrogen and oxygen atoms in total. The predicted molar refractivity (Wildman–Crippen MR) is 127 cm³/mol. The average molecular weight is 471 g/mol. The number of aliphatic imine (C=N–C) groups is 1. The number of nitrogens with zero attached hydrogens (tertiary/aromatic N) is 3. The van der Waals surface area contributed by atoms with Crippen LogP contribution in [0.2, 0.25) is 5.02 Å². The first-order valence-corrected chi connectivity index (χ1v) is 11.3. The summed E-state index contributed by atoms with van der Waals surface area (Å²) in [7, 11) is 1.56. The second-order valence-electron chi connectivity index (χ2n) is 7.81. The summed E-state index contributed by atoms with van der Waals surface area (Å²) in [5.74, 6) is -1.06. The van der Waals surface area contributed by atoms with Crippen molar-refractivity contribution in [1.82, 2.24) is 10.2 Å². The number of hydrogen-bond acceptors (Lipinski definition) is 7. The minimum absolute atomic E-state index is 0.185. The number of para-hydroxylation sites is 1. The highest BCUT2D eigenvalue weighted by atomic mass is 35.5. The highest BCUT2D eigenvalue weighted by Crippen LogP contribution is 2.36. The molecule has 9 heteroatoms. The van der Waals surface area contributed by atoms with Crippen LogP contribution in [-0.4, -0.2) is 62.6 Å². The van der Waals surface area contributed by atoms with Gasteiger partial charge in [0.2, 0.25) is 11.9 Å². The van der Waals surface area contributed by atoms with Gasteiger partial charge in [0, 0.05) is 42.5 Å². The number of methoxy groups -OCH3 is 1. The van der Waals surface area contributed by atoms with Crippen molar-refractivity contribution in [1.29, 1.82) is 0 Å². The Morgan fingerprint density at radius 1 is 1.09 bits per heavy atom. The minimum atomic E-state index is -1.08. The van der Waals surface area contributed by atoms with Crippen molar-refractivity contribution >= 4 is 35.1 Å². The summed E-state index contributed by atoms with van der Waals surface area (Å²) in [6, 6.07) is 14.3. The molecule has 0 spiro atoms. The lowest BCUT2D eigenvalue weighted by molar-refractivity contribution is -0.153. The molecule has 174 valence electrons. The van der Waals surface area contributed by atoms with E-state index < -0.39 is 23.8 Å². The lowest BCUT2D eigenvalue weighted by Crippen LogP contribution is -2.57. The van der Waals surface area contributed by atoms with Crippen LogP contribution in [0.1, 0.15) is 18.5 Å². The molecule has 2 aliphatic heterocycles. The zero-order valence-corrected chi connectivity index (χ0v) is 19.4. The quantitative estimate of drug-likeness (QED) is 0.534. The van der Waals surface area contributed by atoms with Gasteiger partial charge in [-0.15, -0.1) is 0 Å². The molecule has 0 bridgehead atoms. The fourth-order valence-electron chi connectivity index (χ4n) is 4.19. The third-order valence-corrected chi connectivity index (χ3v) is 6.12. The summed E-state index contributed by atoms with van der Waals surface area (Å²) in [4.78, 5) is 34.9. The fraction of sp³-hybridized carbons (Fsp3) is 0.375. The molecule has 1 amide bonds. The number of carbonyl (C=O) groups excluding carboxylic acids is 2. The number of esters is 1. The van der Waals surface area contributed by atoms with Crippen LogP contribution in [0.3, 0.4) is 0 Å². The molecule has 0 aliphatic carbocycles. The number of anilines is 1. The number of carbonyl (C=O) groups is 2. The van der Waals surface area contributed by atoms with Gasteiger partial charge in [0.1, 0.15) is 11.8 Å². The molecule has 0 radical (unpaired) electrons. The van der Waals surface area contributed by atoms with Gasteiger partial charge in [-0.3, -0.25) is 14.9 Å². The van der Waals surface area contributed by atoms with Crippen molar-refractivity contribution in [2.24, 2.45) is 10.9 Å². The van der Waals surface area contributed by atoms with Gasteiger partial charge in [-0.25, -0.2) is 4.99 Å². The van der Waals surface area contributed by atoms with E-state index in [1.165, 1.54) is 0 Å². The van der Waals surface area contributed by atoms with Gasteiger partial charge in [0.05, 0.1) is 13.7 Å². The van der Waals surface area contributed by atoms with Gasteiger partial charge >= 0.3 is 5.97 Å². The lowest BCUT2D eigenvalue weighted by Gasteiger charge is -2.39. The lowest BCUT2D eigenvalue weighted by atomic mass is 9.90. The average Bonchev–Trinajstić information content (AvgIpc) is 2.84. The molecule has 1 N–H and O–H groups in total. The molecule has 0 aromatic heterocycles. The number of piperazine rings is 1. The normalized spacial score (nSPS) is 20.7. The van der Waals surface area contributed by atoms with Gasteiger partial charge in [0.25, 0.3) is 0 Å². The summed E-state index contributed by atoms with van der Waals surface area (Å²) in [6.45, 7) is 4.76. The first-order chi connectivity index (χ1) is 16.0. The van der Waals surface area contributed by atoms with E-state index in [-0.39, 0.29) is 6.61 Å². The molecule has 2 atom stereocenters. The Bertz CT molecular complexity index is 1040. The Morgan fingerprint density at radius 2 is 1.76 bits per heavy atom. The van der Waals surface area contributed by atoms with Gasteiger partial charge in [-0.1, -0.05) is 29.8 Å². The number of nitrogens with one attached hydrogen (secondary N) is 1. The van der Waals surface area contributed by atoms with Gasteiger partial charge < -0.3 is 19.3 Å². The van der Waals surface area contributed by atoms with Gasteiger partial charge in [-0.2, -0.15) is 0 Å². The molecule has 33 heavy (non-hydrogen) atoms. The summed E-state index contributed by atoms with van der Waals surface area (Å²) >= 11 is 6.00. The summed E-state index contributed by atoms with van der Waals surface area (Å²) in [5, 5.41) is 3.54. The number of guanidine groups is 1. The first kappa shape index (κ1) is 22.9. The number of amides is 1. The van der Waals surface area contributed by atoms with E-state index in [4.69, 9.17) is 26.1 Å². The van der Waals surface area contributed by atoms with Crippen LogP contribution in [0.5, 0.6) is 5.75 Å². The molecule has 1 saturated heterocycles. The van der Waals surface area contributed by atoms with Crippen LogP contribution >= 0.6 is 11.6 Å². The topological polar surface area (TPSA) is 83.5 Å². The van der Waals surface area contributed by atoms with Gasteiger partial charge in [0.15, 0.2) is 5.92 Å². The third-order valence-electron chi connectivity index (χ3n) is 5.86. The molecule has 2 heterocycles.